The number of carboxylic acids is 1. The second-order valence-electron chi connectivity index (χ2n) is 13.7. The third-order valence-electron chi connectivity index (χ3n) is 9.00. The smallest absolute Gasteiger partial charge is 0.335 e. The Morgan fingerprint density at radius 2 is 1.13 bits per heavy atom. The first-order chi connectivity index (χ1) is 25.2. The van der Waals surface area contributed by atoms with Gasteiger partial charge in [0.25, 0.3) is 0 Å². The first-order valence-electron chi connectivity index (χ1n) is 20.0. The van der Waals surface area contributed by atoms with E-state index in [1.807, 2.05) is 0 Å². The molecule has 52 heavy (non-hydrogen) atoms. The molecule has 1 heterocycles. The molecule has 0 amide bonds. The fraction of sp³-hybridized carbons (Fsp3) is 0.780. The Labute approximate surface area is 312 Å². The number of ether oxygens (including phenoxy) is 4. The molecular weight excluding hydrogens is 668 g/mol. The third-order valence-corrected chi connectivity index (χ3v) is 9.00. The Kier molecular flexibility index (Phi) is 29.1. The van der Waals surface area contributed by atoms with Crippen LogP contribution in [0, 0.1) is 0 Å². The van der Waals surface area contributed by atoms with E-state index in [9.17, 15) is 34.8 Å². The highest BCUT2D eigenvalue weighted by atomic mass is 16.7. The van der Waals surface area contributed by atoms with Gasteiger partial charge in [0.1, 0.15) is 24.9 Å². The van der Waals surface area contributed by atoms with E-state index >= 15 is 0 Å². The molecule has 1 saturated heterocycles. The van der Waals surface area contributed by atoms with Crippen molar-refractivity contribution in [3.63, 3.8) is 0 Å². The lowest BCUT2D eigenvalue weighted by molar-refractivity contribution is -0.298. The molecule has 300 valence electrons. The summed E-state index contributed by atoms with van der Waals surface area (Å²) in [5.41, 5.74) is 0. The molecule has 0 bridgehead atoms. The van der Waals surface area contributed by atoms with Gasteiger partial charge in [0.2, 0.25) is 0 Å². The molecule has 6 unspecified atom stereocenters. The number of hydrogen-bond donors (Lipinski definition) is 4. The molecule has 11 heteroatoms. The summed E-state index contributed by atoms with van der Waals surface area (Å²) in [5.74, 6) is -2.46. The summed E-state index contributed by atoms with van der Waals surface area (Å²) >= 11 is 0. The number of allylic oxidation sites excluding steroid dienone is 6. The zero-order valence-corrected chi connectivity index (χ0v) is 32.0. The maximum Gasteiger partial charge on any atom is 0.335 e. The number of carboxylic acid groups (broad SMARTS) is 1. The SMILES string of the molecule is CC/C=C\C/C=C\C/C=C\CCCCCCCCCC(=O)OCC(COC1OC(C(=O)O)C(O)C(O)C1O)OC(=O)CCCCCCCCCCC. The van der Waals surface area contributed by atoms with Crippen molar-refractivity contribution in [2.24, 2.45) is 0 Å². The fourth-order valence-electron chi connectivity index (χ4n) is 5.83. The molecule has 4 N–H and O–H groups in total. The number of carbonyl (C=O) groups is 3. The van der Waals surface area contributed by atoms with Crippen LogP contribution in [0.2, 0.25) is 0 Å². The van der Waals surface area contributed by atoms with Crippen molar-refractivity contribution in [3.05, 3.63) is 36.5 Å². The lowest BCUT2D eigenvalue weighted by Crippen LogP contribution is -2.60. The van der Waals surface area contributed by atoms with Gasteiger partial charge in [0.15, 0.2) is 18.5 Å². The van der Waals surface area contributed by atoms with Crippen molar-refractivity contribution in [1.29, 1.82) is 0 Å². The Morgan fingerprint density at radius 1 is 0.615 bits per heavy atom. The lowest BCUT2D eigenvalue weighted by Gasteiger charge is -2.38. The Morgan fingerprint density at radius 3 is 1.71 bits per heavy atom. The zero-order chi connectivity index (χ0) is 38.2. The standard InChI is InChI=1S/C41H70O11/c1-3-5-7-9-11-13-14-15-16-17-18-19-20-22-23-25-27-29-34(42)49-31-33(51-35(43)30-28-26-24-21-12-10-8-6-4-2)32-50-41-38(46)36(44)37(45)39(52-41)40(47)48/h5,7,11,13,15-16,33,36-39,41,44-46H,3-4,6,8-10,12,14,17-32H2,1-2H3,(H,47,48)/b7-5-,13-11-,16-15-. The minimum absolute atomic E-state index is 0.181. The number of unbranched alkanes of at least 4 members (excludes halogenated alkanes) is 15. The summed E-state index contributed by atoms with van der Waals surface area (Å²) in [5, 5.41) is 39.6. The normalized spacial score (nSPS) is 21.3. The van der Waals surface area contributed by atoms with Crippen LogP contribution in [-0.4, -0.2) is 88.4 Å². The summed E-state index contributed by atoms with van der Waals surface area (Å²) in [6.07, 6.45) is 25.0. The van der Waals surface area contributed by atoms with Crippen LogP contribution in [0.4, 0.5) is 0 Å². The number of aliphatic hydroxyl groups is 3. The fourth-order valence-corrected chi connectivity index (χ4v) is 5.83. The first-order valence-corrected chi connectivity index (χ1v) is 20.0. The van der Waals surface area contributed by atoms with Crippen LogP contribution < -0.4 is 0 Å². The largest absolute Gasteiger partial charge is 0.479 e. The molecule has 0 aromatic carbocycles. The summed E-state index contributed by atoms with van der Waals surface area (Å²) in [6.45, 7) is 3.64. The van der Waals surface area contributed by atoms with Gasteiger partial charge in [0.05, 0.1) is 6.61 Å². The van der Waals surface area contributed by atoms with Crippen molar-refractivity contribution >= 4 is 17.9 Å². The van der Waals surface area contributed by atoms with Crippen LogP contribution in [0.3, 0.4) is 0 Å². The topological polar surface area (TPSA) is 169 Å². The van der Waals surface area contributed by atoms with Gasteiger partial charge in [-0.2, -0.15) is 0 Å². The molecule has 0 aliphatic carbocycles. The molecule has 0 aromatic rings. The van der Waals surface area contributed by atoms with Gasteiger partial charge in [0, 0.05) is 12.8 Å². The maximum absolute atomic E-state index is 12.6. The van der Waals surface area contributed by atoms with E-state index in [2.05, 4.69) is 50.3 Å². The van der Waals surface area contributed by atoms with Gasteiger partial charge in [-0.15, -0.1) is 0 Å². The van der Waals surface area contributed by atoms with Gasteiger partial charge in [-0.05, 0) is 44.9 Å². The Hall–Kier alpha value is -2.57. The average Bonchev–Trinajstić information content (AvgIpc) is 3.12. The second kappa shape index (κ2) is 31.9. The van der Waals surface area contributed by atoms with Gasteiger partial charge in [-0.1, -0.05) is 134 Å². The number of aliphatic carboxylic acids is 1. The molecule has 6 atom stereocenters. The molecule has 1 fully saturated rings. The molecule has 0 aromatic heterocycles. The van der Waals surface area contributed by atoms with Crippen LogP contribution >= 0.6 is 0 Å². The minimum Gasteiger partial charge on any atom is -0.479 e. The molecule has 0 spiro atoms. The third kappa shape index (κ3) is 23.9. The summed E-state index contributed by atoms with van der Waals surface area (Å²) in [4.78, 5) is 36.6. The van der Waals surface area contributed by atoms with Crippen LogP contribution in [0.15, 0.2) is 36.5 Å². The predicted molar refractivity (Wildman–Crippen MR) is 201 cm³/mol. The number of carbonyl (C=O) groups excluding carboxylic acids is 2. The van der Waals surface area contributed by atoms with Gasteiger partial charge in [-0.3, -0.25) is 9.59 Å². The molecule has 1 aliphatic rings. The predicted octanol–water partition coefficient (Wildman–Crippen LogP) is 7.64. The van der Waals surface area contributed by atoms with Crippen LogP contribution in [0.1, 0.15) is 155 Å². The number of aliphatic hydroxyl groups excluding tert-OH is 3. The Bertz CT molecular complexity index is 1010. The summed E-state index contributed by atoms with van der Waals surface area (Å²) in [6, 6.07) is 0. The van der Waals surface area contributed by atoms with E-state index in [1.54, 1.807) is 0 Å². The Balaban J connectivity index is 2.39. The van der Waals surface area contributed by atoms with Crippen molar-refractivity contribution in [1.82, 2.24) is 0 Å². The second-order valence-corrected chi connectivity index (χ2v) is 13.7. The maximum atomic E-state index is 12.6. The van der Waals surface area contributed by atoms with E-state index in [0.29, 0.717) is 12.8 Å². The zero-order valence-electron chi connectivity index (χ0n) is 32.0. The minimum atomic E-state index is -1.86. The molecule has 1 rings (SSSR count). The van der Waals surface area contributed by atoms with Crippen LogP contribution in [-0.2, 0) is 33.3 Å². The van der Waals surface area contributed by atoms with Crippen LogP contribution in [0.5, 0.6) is 0 Å². The van der Waals surface area contributed by atoms with E-state index < -0.39 is 61.3 Å². The molecule has 1 aliphatic heterocycles. The van der Waals surface area contributed by atoms with E-state index in [4.69, 9.17) is 18.9 Å². The number of rotatable bonds is 32. The van der Waals surface area contributed by atoms with Gasteiger partial charge < -0.3 is 39.4 Å². The van der Waals surface area contributed by atoms with E-state index in [-0.39, 0.29) is 19.4 Å². The van der Waals surface area contributed by atoms with Crippen molar-refractivity contribution < 1.29 is 53.8 Å². The van der Waals surface area contributed by atoms with Crippen molar-refractivity contribution in [2.45, 2.75) is 192 Å². The molecule has 0 radical (unpaired) electrons. The summed E-state index contributed by atoms with van der Waals surface area (Å²) < 4.78 is 21.6. The van der Waals surface area contributed by atoms with Crippen molar-refractivity contribution in [3.8, 4) is 0 Å². The van der Waals surface area contributed by atoms with Crippen molar-refractivity contribution in [2.75, 3.05) is 13.2 Å². The molecule has 0 saturated carbocycles. The van der Waals surface area contributed by atoms with E-state index in [1.165, 1.54) is 44.9 Å². The van der Waals surface area contributed by atoms with Gasteiger partial charge >= 0.3 is 17.9 Å². The first kappa shape index (κ1) is 47.5. The quantitative estimate of drug-likeness (QED) is 0.0304. The molecular formula is C41H70O11. The van der Waals surface area contributed by atoms with Gasteiger partial charge in [-0.25, -0.2) is 4.79 Å². The lowest BCUT2D eigenvalue weighted by atomic mass is 9.99. The average molecular weight is 739 g/mol. The highest BCUT2D eigenvalue weighted by Crippen LogP contribution is 2.23. The van der Waals surface area contributed by atoms with Crippen LogP contribution in [0.25, 0.3) is 0 Å². The highest BCUT2D eigenvalue weighted by molar-refractivity contribution is 5.73. The number of esters is 2. The summed E-state index contributed by atoms with van der Waals surface area (Å²) in [7, 11) is 0. The monoisotopic (exact) mass is 738 g/mol. The number of hydrogen-bond acceptors (Lipinski definition) is 10. The van der Waals surface area contributed by atoms with E-state index in [0.717, 1.165) is 70.6 Å². The molecule has 11 nitrogen and oxygen atoms in total. The highest BCUT2D eigenvalue weighted by Gasteiger charge is 2.47.